The van der Waals surface area contributed by atoms with Gasteiger partial charge in [-0.3, -0.25) is 4.90 Å². The third kappa shape index (κ3) is 4.96. The number of nitrogens with zero attached hydrogens (tertiary/aromatic N) is 1. The lowest BCUT2D eigenvalue weighted by molar-refractivity contribution is 0.197. The van der Waals surface area contributed by atoms with Crippen molar-refractivity contribution in [2.45, 2.75) is 25.8 Å². The summed E-state index contributed by atoms with van der Waals surface area (Å²) >= 11 is 6.06. The predicted octanol–water partition coefficient (Wildman–Crippen LogP) is 3.75. The first-order valence-corrected chi connectivity index (χ1v) is 7.21. The average molecular weight is 303 g/mol. The summed E-state index contributed by atoms with van der Waals surface area (Å²) in [7, 11) is 2.22. The summed E-state index contributed by atoms with van der Waals surface area (Å²) in [5.41, 5.74) is 1.30. The van der Waals surface area contributed by atoms with Gasteiger partial charge in [-0.25, -0.2) is 0 Å². The largest absolute Gasteiger partial charge is 0.317 e. The summed E-state index contributed by atoms with van der Waals surface area (Å²) in [6.07, 6.45) is 2.60. The molecule has 1 N–H and O–H groups in total. The SMILES string of the molecule is CC(c1cccc(Cl)c1)N(C)CC1CCNCC1.Cl. The van der Waals surface area contributed by atoms with Crippen molar-refractivity contribution in [1.29, 1.82) is 0 Å². The maximum Gasteiger partial charge on any atom is 0.0409 e. The van der Waals surface area contributed by atoms with Gasteiger partial charge in [-0.05, 0) is 63.5 Å². The molecule has 1 aliphatic rings. The minimum absolute atomic E-state index is 0. The van der Waals surface area contributed by atoms with Gasteiger partial charge in [0.2, 0.25) is 0 Å². The lowest BCUT2D eigenvalue weighted by Crippen LogP contribution is -2.35. The van der Waals surface area contributed by atoms with Crippen molar-refractivity contribution >= 4 is 24.0 Å². The van der Waals surface area contributed by atoms with Gasteiger partial charge in [0.1, 0.15) is 0 Å². The van der Waals surface area contributed by atoms with Crippen LogP contribution in [0.2, 0.25) is 5.02 Å². The van der Waals surface area contributed by atoms with E-state index in [-0.39, 0.29) is 12.4 Å². The number of hydrogen-bond acceptors (Lipinski definition) is 2. The van der Waals surface area contributed by atoms with Gasteiger partial charge in [-0.1, -0.05) is 23.7 Å². The molecule has 1 heterocycles. The summed E-state index contributed by atoms with van der Waals surface area (Å²) < 4.78 is 0. The molecule has 108 valence electrons. The fourth-order valence-corrected chi connectivity index (χ4v) is 2.85. The third-order valence-corrected chi connectivity index (χ3v) is 4.23. The van der Waals surface area contributed by atoms with Gasteiger partial charge in [0.15, 0.2) is 0 Å². The topological polar surface area (TPSA) is 15.3 Å². The lowest BCUT2D eigenvalue weighted by atomic mass is 9.96. The molecule has 0 aliphatic carbocycles. The Labute approximate surface area is 127 Å². The van der Waals surface area contributed by atoms with Crippen molar-refractivity contribution in [3.05, 3.63) is 34.9 Å². The van der Waals surface area contributed by atoms with Crippen molar-refractivity contribution in [2.24, 2.45) is 5.92 Å². The van der Waals surface area contributed by atoms with Crippen LogP contribution in [-0.2, 0) is 0 Å². The van der Waals surface area contributed by atoms with Crippen LogP contribution in [0.25, 0.3) is 0 Å². The van der Waals surface area contributed by atoms with Gasteiger partial charge in [0.25, 0.3) is 0 Å². The fraction of sp³-hybridized carbons (Fsp3) is 0.600. The monoisotopic (exact) mass is 302 g/mol. The molecule has 1 unspecified atom stereocenters. The number of rotatable bonds is 4. The molecule has 4 heteroatoms. The van der Waals surface area contributed by atoms with Crippen molar-refractivity contribution < 1.29 is 0 Å². The Kier molecular flexibility index (Phi) is 7.16. The molecule has 1 saturated heterocycles. The van der Waals surface area contributed by atoms with Gasteiger partial charge in [0, 0.05) is 17.6 Å². The molecular weight excluding hydrogens is 279 g/mol. The molecule has 2 nitrogen and oxygen atoms in total. The zero-order chi connectivity index (χ0) is 13.0. The molecular formula is C15H24Cl2N2. The Hall–Kier alpha value is -0.280. The Bertz CT molecular complexity index is 378. The maximum absolute atomic E-state index is 6.06. The lowest BCUT2D eigenvalue weighted by Gasteiger charge is -2.31. The molecule has 0 bridgehead atoms. The van der Waals surface area contributed by atoms with Gasteiger partial charge in [-0.15, -0.1) is 12.4 Å². The minimum atomic E-state index is 0. The van der Waals surface area contributed by atoms with Crippen molar-refractivity contribution in [3.63, 3.8) is 0 Å². The van der Waals surface area contributed by atoms with Gasteiger partial charge in [0.05, 0.1) is 0 Å². The number of piperidine rings is 1. The second-order valence-corrected chi connectivity index (χ2v) is 5.80. The highest BCUT2D eigenvalue weighted by Crippen LogP contribution is 2.24. The van der Waals surface area contributed by atoms with E-state index >= 15 is 0 Å². The van der Waals surface area contributed by atoms with E-state index in [1.165, 1.54) is 38.0 Å². The second kappa shape index (κ2) is 8.11. The highest BCUT2D eigenvalue weighted by Gasteiger charge is 2.18. The average Bonchev–Trinajstić information content (AvgIpc) is 2.39. The van der Waals surface area contributed by atoms with Crippen LogP contribution in [0.5, 0.6) is 0 Å². The van der Waals surface area contributed by atoms with Crippen molar-refractivity contribution in [3.8, 4) is 0 Å². The molecule has 0 radical (unpaired) electrons. The van der Waals surface area contributed by atoms with E-state index in [9.17, 15) is 0 Å². The highest BCUT2D eigenvalue weighted by atomic mass is 35.5. The van der Waals surface area contributed by atoms with E-state index in [0.29, 0.717) is 6.04 Å². The van der Waals surface area contributed by atoms with Crippen LogP contribution in [0.1, 0.15) is 31.4 Å². The summed E-state index contributed by atoms with van der Waals surface area (Å²) in [6, 6.07) is 8.64. The molecule has 2 rings (SSSR count). The minimum Gasteiger partial charge on any atom is -0.317 e. The van der Waals surface area contributed by atoms with Crippen molar-refractivity contribution in [1.82, 2.24) is 10.2 Å². The van der Waals surface area contributed by atoms with E-state index in [4.69, 9.17) is 11.6 Å². The van der Waals surface area contributed by atoms with E-state index in [1.54, 1.807) is 0 Å². The second-order valence-electron chi connectivity index (χ2n) is 5.36. The van der Waals surface area contributed by atoms with Crippen LogP contribution in [0.15, 0.2) is 24.3 Å². The van der Waals surface area contributed by atoms with Gasteiger partial charge >= 0.3 is 0 Å². The summed E-state index contributed by atoms with van der Waals surface area (Å²) in [6.45, 7) is 5.77. The van der Waals surface area contributed by atoms with E-state index in [2.05, 4.69) is 36.3 Å². The zero-order valence-corrected chi connectivity index (χ0v) is 13.3. The van der Waals surface area contributed by atoms with Crippen LogP contribution < -0.4 is 5.32 Å². The van der Waals surface area contributed by atoms with Gasteiger partial charge < -0.3 is 5.32 Å². The van der Waals surface area contributed by atoms with Crippen LogP contribution in [0, 0.1) is 5.92 Å². The zero-order valence-electron chi connectivity index (χ0n) is 11.7. The number of benzene rings is 1. The summed E-state index contributed by atoms with van der Waals surface area (Å²) in [5.74, 6) is 0.831. The third-order valence-electron chi connectivity index (χ3n) is 4.00. The number of halogens is 2. The first kappa shape index (κ1) is 16.8. The smallest absolute Gasteiger partial charge is 0.0409 e. The molecule has 0 spiro atoms. The van der Waals surface area contributed by atoms with Crippen LogP contribution >= 0.6 is 24.0 Å². The standard InChI is InChI=1S/C15H23ClN2.ClH/c1-12(14-4-3-5-15(16)10-14)18(2)11-13-6-8-17-9-7-13;/h3-5,10,12-13,17H,6-9,11H2,1-2H3;1H. The normalized spacial score (nSPS) is 18.1. The van der Waals surface area contributed by atoms with Crippen molar-refractivity contribution in [2.75, 3.05) is 26.7 Å². The van der Waals surface area contributed by atoms with E-state index < -0.39 is 0 Å². The molecule has 0 amide bonds. The molecule has 19 heavy (non-hydrogen) atoms. The van der Waals surface area contributed by atoms with Crippen LogP contribution in [-0.4, -0.2) is 31.6 Å². The first-order chi connectivity index (χ1) is 8.66. The maximum atomic E-state index is 6.06. The van der Waals surface area contributed by atoms with Crippen LogP contribution in [0.3, 0.4) is 0 Å². The molecule has 0 saturated carbocycles. The molecule has 1 aliphatic heterocycles. The van der Waals surface area contributed by atoms with E-state index in [0.717, 1.165) is 10.9 Å². The molecule has 1 aromatic rings. The Morgan fingerprint density at radius 3 is 2.68 bits per heavy atom. The predicted molar refractivity (Wildman–Crippen MR) is 85.3 cm³/mol. The molecule has 0 aromatic heterocycles. The molecule has 1 aromatic carbocycles. The van der Waals surface area contributed by atoms with Crippen LogP contribution in [0.4, 0.5) is 0 Å². The molecule has 1 atom stereocenters. The quantitative estimate of drug-likeness (QED) is 0.911. The van der Waals surface area contributed by atoms with E-state index in [1.807, 2.05) is 12.1 Å². The number of nitrogens with one attached hydrogen (secondary N) is 1. The Morgan fingerprint density at radius 2 is 2.05 bits per heavy atom. The first-order valence-electron chi connectivity index (χ1n) is 6.83. The highest BCUT2D eigenvalue weighted by molar-refractivity contribution is 6.30. The van der Waals surface area contributed by atoms with Gasteiger partial charge in [-0.2, -0.15) is 0 Å². The summed E-state index contributed by atoms with van der Waals surface area (Å²) in [4.78, 5) is 2.45. The summed E-state index contributed by atoms with van der Waals surface area (Å²) in [5, 5.41) is 4.25. The Morgan fingerprint density at radius 1 is 1.37 bits per heavy atom. The Balaban J connectivity index is 0.00000180. The number of hydrogen-bond donors (Lipinski definition) is 1. The molecule has 1 fully saturated rings. The fourth-order valence-electron chi connectivity index (χ4n) is 2.65.